The summed E-state index contributed by atoms with van der Waals surface area (Å²) in [6.45, 7) is 6.57. The lowest BCUT2D eigenvalue weighted by atomic mass is 10.1. The van der Waals surface area contributed by atoms with Crippen molar-refractivity contribution < 1.29 is 9.90 Å². The van der Waals surface area contributed by atoms with Crippen LogP contribution in [0, 0.1) is 0 Å². The summed E-state index contributed by atoms with van der Waals surface area (Å²) in [4.78, 5) is 25.2. The molecule has 2 fully saturated rings. The largest absolute Gasteiger partial charge is 0.465 e. The average molecular weight is 406 g/mol. The maximum atomic E-state index is 11.6. The van der Waals surface area contributed by atoms with Crippen LogP contribution in [-0.4, -0.2) is 60.5 Å². The number of fused-ring (bicyclic) bond motifs is 3. The van der Waals surface area contributed by atoms with Gasteiger partial charge in [-0.05, 0) is 43.0 Å². The molecular formula is C23H27N5O2. The van der Waals surface area contributed by atoms with Crippen molar-refractivity contribution in [2.45, 2.75) is 51.2 Å². The van der Waals surface area contributed by atoms with Crippen LogP contribution < -0.4 is 0 Å². The molecule has 2 unspecified atom stereocenters. The Morgan fingerprint density at radius 3 is 2.57 bits per heavy atom. The van der Waals surface area contributed by atoms with Crippen LogP contribution in [0.25, 0.3) is 16.9 Å². The Kier molecular flexibility index (Phi) is 4.70. The Balaban J connectivity index is 1.48. The molecule has 1 amide bonds. The number of rotatable bonds is 4. The molecule has 0 spiro atoms. The van der Waals surface area contributed by atoms with Gasteiger partial charge in [0.2, 0.25) is 0 Å². The lowest BCUT2D eigenvalue weighted by molar-refractivity contribution is 0.0586. The summed E-state index contributed by atoms with van der Waals surface area (Å²) < 4.78 is 2.15. The Hall–Kier alpha value is -2.93. The van der Waals surface area contributed by atoms with Gasteiger partial charge in [-0.25, -0.2) is 9.78 Å². The van der Waals surface area contributed by atoms with Crippen LogP contribution in [0.3, 0.4) is 0 Å². The van der Waals surface area contributed by atoms with Crippen LogP contribution in [0.2, 0.25) is 0 Å². The van der Waals surface area contributed by atoms with Crippen molar-refractivity contribution in [1.82, 2.24) is 24.2 Å². The predicted molar refractivity (Wildman–Crippen MR) is 114 cm³/mol. The summed E-state index contributed by atoms with van der Waals surface area (Å²) in [5.74, 6) is 0.389. The van der Waals surface area contributed by atoms with E-state index < -0.39 is 6.09 Å². The molecule has 5 heterocycles. The van der Waals surface area contributed by atoms with Crippen LogP contribution in [0.4, 0.5) is 4.79 Å². The molecule has 3 aromatic rings. The van der Waals surface area contributed by atoms with E-state index in [-0.39, 0.29) is 12.1 Å². The maximum Gasteiger partial charge on any atom is 0.407 e. The fourth-order valence-corrected chi connectivity index (χ4v) is 4.96. The van der Waals surface area contributed by atoms with E-state index in [9.17, 15) is 9.90 Å². The van der Waals surface area contributed by atoms with E-state index >= 15 is 0 Å². The second-order valence-electron chi connectivity index (χ2n) is 8.73. The van der Waals surface area contributed by atoms with E-state index in [1.165, 1.54) is 0 Å². The number of hydrogen-bond acceptors (Lipinski definition) is 4. The molecule has 2 atom stereocenters. The standard InChI is InChI=1S/C23H27N5O2/c1-15(2)19-9-6-16(11-24-19)22-20(27-10-4-3-5-21(27)25-22)14-26-12-17-7-8-18(13-26)28(17)23(29)30/h3-6,9-11,15,17-18H,7-8,12-14H2,1-2H3,(H,29,30). The van der Waals surface area contributed by atoms with E-state index in [2.05, 4.69) is 46.5 Å². The summed E-state index contributed by atoms with van der Waals surface area (Å²) in [6, 6.07) is 10.4. The first kappa shape index (κ1) is 19.1. The second kappa shape index (κ2) is 7.40. The third-order valence-corrected chi connectivity index (χ3v) is 6.43. The number of pyridine rings is 2. The Bertz CT molecular complexity index is 1060. The topological polar surface area (TPSA) is 74.0 Å². The zero-order valence-electron chi connectivity index (χ0n) is 17.4. The molecule has 0 saturated carbocycles. The van der Waals surface area contributed by atoms with Crippen molar-refractivity contribution in [1.29, 1.82) is 0 Å². The molecule has 156 valence electrons. The number of likely N-dealkylation sites (tertiary alicyclic amines) is 1. The van der Waals surface area contributed by atoms with Gasteiger partial charge < -0.3 is 9.51 Å². The predicted octanol–water partition coefficient (Wildman–Crippen LogP) is 3.85. The third kappa shape index (κ3) is 3.23. The van der Waals surface area contributed by atoms with Gasteiger partial charge in [-0.3, -0.25) is 14.8 Å². The van der Waals surface area contributed by atoms with Crippen LogP contribution in [0.5, 0.6) is 0 Å². The fraction of sp³-hybridized carbons (Fsp3) is 0.435. The fourth-order valence-electron chi connectivity index (χ4n) is 4.96. The third-order valence-electron chi connectivity index (χ3n) is 6.43. The highest BCUT2D eigenvalue weighted by atomic mass is 16.4. The minimum atomic E-state index is -0.783. The molecule has 0 aromatic carbocycles. The summed E-state index contributed by atoms with van der Waals surface area (Å²) >= 11 is 0. The number of aromatic nitrogens is 3. The minimum Gasteiger partial charge on any atom is -0.465 e. The quantitative estimate of drug-likeness (QED) is 0.714. The van der Waals surface area contributed by atoms with Crippen molar-refractivity contribution in [2.75, 3.05) is 13.1 Å². The molecule has 2 saturated heterocycles. The zero-order valence-corrected chi connectivity index (χ0v) is 17.4. The summed E-state index contributed by atoms with van der Waals surface area (Å²) in [6.07, 6.45) is 5.10. The zero-order chi connectivity index (χ0) is 20.8. The molecule has 1 N–H and O–H groups in total. The average Bonchev–Trinajstić information content (AvgIpc) is 3.23. The highest BCUT2D eigenvalue weighted by Crippen LogP contribution is 2.32. The number of amides is 1. The first-order valence-electron chi connectivity index (χ1n) is 10.7. The van der Waals surface area contributed by atoms with E-state index in [1.807, 2.05) is 24.4 Å². The smallest absolute Gasteiger partial charge is 0.407 e. The SMILES string of the molecule is CC(C)c1ccc(-c2nc3ccccn3c2CN2CC3CCC(C2)N3C(=O)O)cn1. The van der Waals surface area contributed by atoms with E-state index in [0.717, 1.165) is 60.8 Å². The number of hydrogen-bond donors (Lipinski definition) is 1. The summed E-state index contributed by atoms with van der Waals surface area (Å²) in [7, 11) is 0. The number of imidazole rings is 1. The highest BCUT2D eigenvalue weighted by molar-refractivity contribution is 5.67. The van der Waals surface area contributed by atoms with Crippen molar-refractivity contribution in [3.05, 3.63) is 54.1 Å². The maximum absolute atomic E-state index is 11.6. The van der Waals surface area contributed by atoms with Crippen molar-refractivity contribution in [3.8, 4) is 11.3 Å². The normalized spacial score (nSPS) is 21.6. The lowest BCUT2D eigenvalue weighted by Crippen LogP contribution is -2.55. The second-order valence-corrected chi connectivity index (χ2v) is 8.73. The summed E-state index contributed by atoms with van der Waals surface area (Å²) in [5.41, 5.74) is 5.10. The molecule has 0 aliphatic carbocycles. The van der Waals surface area contributed by atoms with E-state index in [4.69, 9.17) is 4.98 Å². The molecule has 5 rings (SSSR count). The monoisotopic (exact) mass is 405 g/mol. The van der Waals surface area contributed by atoms with Gasteiger partial charge in [-0.1, -0.05) is 19.9 Å². The molecule has 30 heavy (non-hydrogen) atoms. The Morgan fingerprint density at radius 2 is 1.93 bits per heavy atom. The van der Waals surface area contributed by atoms with Gasteiger partial charge in [-0.2, -0.15) is 0 Å². The van der Waals surface area contributed by atoms with Gasteiger partial charge in [0.1, 0.15) is 5.65 Å². The molecule has 2 aliphatic rings. The molecule has 2 aliphatic heterocycles. The van der Waals surface area contributed by atoms with Crippen LogP contribution in [0.15, 0.2) is 42.7 Å². The van der Waals surface area contributed by atoms with Crippen molar-refractivity contribution in [3.63, 3.8) is 0 Å². The lowest BCUT2D eigenvalue weighted by Gasteiger charge is -2.39. The molecule has 3 aromatic heterocycles. The van der Waals surface area contributed by atoms with Gasteiger partial charge >= 0.3 is 6.09 Å². The Morgan fingerprint density at radius 1 is 1.17 bits per heavy atom. The van der Waals surface area contributed by atoms with E-state index in [0.29, 0.717) is 5.92 Å². The van der Waals surface area contributed by atoms with Crippen LogP contribution >= 0.6 is 0 Å². The van der Waals surface area contributed by atoms with Gasteiger partial charge in [0, 0.05) is 55.4 Å². The van der Waals surface area contributed by atoms with Crippen molar-refractivity contribution in [2.24, 2.45) is 0 Å². The number of carbonyl (C=O) groups is 1. The highest BCUT2D eigenvalue weighted by Gasteiger charge is 2.42. The van der Waals surface area contributed by atoms with Gasteiger partial charge in [0.25, 0.3) is 0 Å². The molecule has 0 radical (unpaired) electrons. The number of piperazine rings is 1. The van der Waals surface area contributed by atoms with Crippen molar-refractivity contribution >= 4 is 11.7 Å². The number of nitrogens with zero attached hydrogens (tertiary/aromatic N) is 5. The summed E-state index contributed by atoms with van der Waals surface area (Å²) in [5, 5.41) is 9.54. The minimum absolute atomic E-state index is 0.0934. The van der Waals surface area contributed by atoms with Gasteiger partial charge in [-0.15, -0.1) is 0 Å². The van der Waals surface area contributed by atoms with Crippen LogP contribution in [-0.2, 0) is 6.54 Å². The molecule has 2 bridgehead atoms. The van der Waals surface area contributed by atoms with Gasteiger partial charge in [0.15, 0.2) is 0 Å². The Labute approximate surface area is 176 Å². The number of carboxylic acid groups (broad SMARTS) is 1. The van der Waals surface area contributed by atoms with Gasteiger partial charge in [0.05, 0.1) is 11.4 Å². The van der Waals surface area contributed by atoms with Crippen LogP contribution in [0.1, 0.15) is 44.0 Å². The van der Waals surface area contributed by atoms with E-state index in [1.54, 1.807) is 4.90 Å². The molecular weight excluding hydrogens is 378 g/mol. The first-order chi connectivity index (χ1) is 14.5. The molecule has 7 heteroatoms. The molecule has 7 nitrogen and oxygen atoms in total. The first-order valence-corrected chi connectivity index (χ1v) is 10.7.